The molecule has 1 aliphatic rings. The van der Waals surface area contributed by atoms with Crippen LogP contribution in [0.25, 0.3) is 0 Å². The molecule has 1 fully saturated rings. The van der Waals surface area contributed by atoms with Crippen LogP contribution in [0.1, 0.15) is 15.9 Å². The maximum absolute atomic E-state index is 12.8. The largest absolute Gasteiger partial charge is 0.378 e. The van der Waals surface area contributed by atoms with Crippen molar-refractivity contribution < 1.29 is 14.3 Å². The summed E-state index contributed by atoms with van der Waals surface area (Å²) >= 11 is 1.68. The summed E-state index contributed by atoms with van der Waals surface area (Å²) in [4.78, 5) is 30.0. The number of para-hydroxylation sites is 1. The number of carbonyl (C=O) groups is 2. The fourth-order valence-electron chi connectivity index (χ4n) is 3.00. The molecule has 0 spiro atoms. The third kappa shape index (κ3) is 5.05. The Bertz CT molecular complexity index is 820. The van der Waals surface area contributed by atoms with E-state index in [-0.39, 0.29) is 11.9 Å². The third-order valence-electron chi connectivity index (χ3n) is 4.62. The number of urea groups is 1. The second-order valence-electron chi connectivity index (χ2n) is 6.58. The molecule has 148 valence electrons. The van der Waals surface area contributed by atoms with E-state index in [1.165, 1.54) is 4.90 Å². The Morgan fingerprint density at radius 1 is 1.11 bits per heavy atom. The number of benzene rings is 2. The Labute approximate surface area is 169 Å². The van der Waals surface area contributed by atoms with Gasteiger partial charge in [0.05, 0.1) is 24.5 Å². The van der Waals surface area contributed by atoms with E-state index in [0.29, 0.717) is 44.1 Å². The highest BCUT2D eigenvalue weighted by atomic mass is 32.2. The molecule has 0 unspecified atom stereocenters. The average Bonchev–Trinajstić information content (AvgIpc) is 2.74. The molecular weight excluding hydrogens is 374 g/mol. The second-order valence-corrected chi connectivity index (χ2v) is 7.46. The molecule has 0 aromatic heterocycles. The summed E-state index contributed by atoms with van der Waals surface area (Å²) in [7, 11) is 1.74. The Balaban J connectivity index is 1.66. The zero-order chi connectivity index (χ0) is 19.9. The second kappa shape index (κ2) is 9.61. The van der Waals surface area contributed by atoms with Crippen molar-refractivity contribution in [1.82, 2.24) is 9.80 Å². The number of hydrogen-bond acceptors (Lipinski definition) is 4. The average molecular weight is 400 g/mol. The van der Waals surface area contributed by atoms with Crippen LogP contribution in [0.3, 0.4) is 0 Å². The highest BCUT2D eigenvalue weighted by Gasteiger charge is 2.22. The first-order chi connectivity index (χ1) is 13.6. The first kappa shape index (κ1) is 20.2. The molecular formula is C21H25N3O3S. The molecule has 2 aromatic carbocycles. The summed E-state index contributed by atoms with van der Waals surface area (Å²) in [5.41, 5.74) is 2.07. The van der Waals surface area contributed by atoms with Crippen molar-refractivity contribution in [2.75, 3.05) is 44.9 Å². The van der Waals surface area contributed by atoms with Gasteiger partial charge >= 0.3 is 6.03 Å². The van der Waals surface area contributed by atoms with Crippen molar-refractivity contribution in [3.8, 4) is 0 Å². The van der Waals surface area contributed by atoms with Gasteiger partial charge in [-0.25, -0.2) is 4.79 Å². The first-order valence-corrected chi connectivity index (χ1v) is 10.4. The topological polar surface area (TPSA) is 61.9 Å². The van der Waals surface area contributed by atoms with E-state index >= 15 is 0 Å². The van der Waals surface area contributed by atoms with Crippen molar-refractivity contribution in [3.05, 3.63) is 59.7 Å². The molecule has 0 radical (unpaired) electrons. The molecule has 0 bridgehead atoms. The zero-order valence-corrected chi connectivity index (χ0v) is 17.0. The number of hydrogen-bond donors (Lipinski definition) is 1. The highest BCUT2D eigenvalue weighted by molar-refractivity contribution is 7.98. The molecule has 1 aliphatic heterocycles. The SMILES string of the molecule is CSc1ccc(CN(C)C(=O)Nc2ccccc2C(=O)N2CCOCC2)cc1. The number of rotatable bonds is 5. The molecule has 3 amide bonds. The Morgan fingerprint density at radius 2 is 1.79 bits per heavy atom. The number of carbonyl (C=O) groups excluding carboxylic acids is 2. The monoisotopic (exact) mass is 399 g/mol. The Kier molecular flexibility index (Phi) is 6.95. The van der Waals surface area contributed by atoms with E-state index in [4.69, 9.17) is 4.74 Å². The molecule has 6 nitrogen and oxygen atoms in total. The van der Waals surface area contributed by atoms with Crippen LogP contribution in [0.15, 0.2) is 53.4 Å². The normalized spacial score (nSPS) is 13.9. The van der Waals surface area contributed by atoms with Gasteiger partial charge in [-0.3, -0.25) is 4.79 Å². The van der Waals surface area contributed by atoms with E-state index < -0.39 is 0 Å². The summed E-state index contributed by atoms with van der Waals surface area (Å²) in [5.74, 6) is -0.0884. The summed E-state index contributed by atoms with van der Waals surface area (Å²) < 4.78 is 5.31. The molecule has 1 heterocycles. The molecule has 1 saturated heterocycles. The lowest BCUT2D eigenvalue weighted by atomic mass is 10.1. The molecule has 0 atom stereocenters. The van der Waals surface area contributed by atoms with Crippen molar-refractivity contribution in [3.63, 3.8) is 0 Å². The zero-order valence-electron chi connectivity index (χ0n) is 16.2. The van der Waals surface area contributed by atoms with Gasteiger partial charge in [0.15, 0.2) is 0 Å². The maximum atomic E-state index is 12.8. The fraction of sp³-hybridized carbons (Fsp3) is 0.333. The van der Waals surface area contributed by atoms with E-state index in [1.54, 1.807) is 46.8 Å². The molecule has 3 rings (SSSR count). The highest BCUT2D eigenvalue weighted by Crippen LogP contribution is 2.19. The number of amides is 3. The molecule has 7 heteroatoms. The molecule has 0 aliphatic carbocycles. The minimum atomic E-state index is -0.254. The molecule has 1 N–H and O–H groups in total. The molecule has 28 heavy (non-hydrogen) atoms. The van der Waals surface area contributed by atoms with E-state index in [1.807, 2.05) is 36.6 Å². The number of anilines is 1. The van der Waals surface area contributed by atoms with Gasteiger partial charge in [0.2, 0.25) is 0 Å². The van der Waals surface area contributed by atoms with Crippen LogP contribution in [0.4, 0.5) is 10.5 Å². The Hall–Kier alpha value is -2.51. The number of nitrogens with zero attached hydrogens (tertiary/aromatic N) is 2. The summed E-state index contributed by atoms with van der Waals surface area (Å²) in [6.45, 7) is 2.69. The van der Waals surface area contributed by atoms with Gasteiger partial charge in [-0.2, -0.15) is 0 Å². The van der Waals surface area contributed by atoms with Gasteiger partial charge in [0.25, 0.3) is 5.91 Å². The van der Waals surface area contributed by atoms with Gasteiger partial charge < -0.3 is 19.9 Å². The fourth-order valence-corrected chi connectivity index (χ4v) is 3.41. The van der Waals surface area contributed by atoms with Crippen LogP contribution >= 0.6 is 11.8 Å². The van der Waals surface area contributed by atoms with Crippen molar-refractivity contribution >= 4 is 29.4 Å². The lowest BCUT2D eigenvalue weighted by Crippen LogP contribution is -2.41. The quantitative estimate of drug-likeness (QED) is 0.781. The van der Waals surface area contributed by atoms with Crippen LogP contribution in [-0.2, 0) is 11.3 Å². The van der Waals surface area contributed by atoms with Crippen molar-refractivity contribution in [2.24, 2.45) is 0 Å². The van der Waals surface area contributed by atoms with Gasteiger partial charge in [0, 0.05) is 31.6 Å². The van der Waals surface area contributed by atoms with Crippen LogP contribution in [-0.4, -0.2) is 61.3 Å². The maximum Gasteiger partial charge on any atom is 0.321 e. The van der Waals surface area contributed by atoms with Crippen LogP contribution in [0, 0.1) is 0 Å². The lowest BCUT2D eigenvalue weighted by Gasteiger charge is -2.28. The molecule has 2 aromatic rings. The third-order valence-corrected chi connectivity index (χ3v) is 5.37. The van der Waals surface area contributed by atoms with Crippen LogP contribution in [0.2, 0.25) is 0 Å². The lowest BCUT2D eigenvalue weighted by molar-refractivity contribution is 0.0303. The minimum absolute atomic E-state index is 0.0884. The minimum Gasteiger partial charge on any atom is -0.378 e. The first-order valence-electron chi connectivity index (χ1n) is 9.19. The smallest absolute Gasteiger partial charge is 0.321 e. The van der Waals surface area contributed by atoms with Crippen molar-refractivity contribution in [2.45, 2.75) is 11.4 Å². The number of nitrogens with one attached hydrogen (secondary N) is 1. The summed E-state index contributed by atoms with van der Waals surface area (Å²) in [6, 6.07) is 15.0. The predicted molar refractivity (Wildman–Crippen MR) is 112 cm³/mol. The predicted octanol–water partition coefficient (Wildman–Crippen LogP) is 3.54. The standard InChI is InChI=1S/C21H25N3O3S/c1-23(15-16-7-9-17(28-2)10-8-16)21(26)22-19-6-4-3-5-18(19)20(25)24-11-13-27-14-12-24/h3-10H,11-15H2,1-2H3,(H,22,26). The van der Waals surface area contributed by atoms with Gasteiger partial charge in [-0.1, -0.05) is 24.3 Å². The molecule has 0 saturated carbocycles. The van der Waals surface area contributed by atoms with Gasteiger partial charge in [0.1, 0.15) is 0 Å². The number of ether oxygens (including phenoxy) is 1. The van der Waals surface area contributed by atoms with Crippen LogP contribution < -0.4 is 5.32 Å². The van der Waals surface area contributed by atoms with E-state index in [0.717, 1.165) is 5.56 Å². The number of morpholine rings is 1. The van der Waals surface area contributed by atoms with E-state index in [9.17, 15) is 9.59 Å². The van der Waals surface area contributed by atoms with Gasteiger partial charge in [-0.05, 0) is 36.1 Å². The van der Waals surface area contributed by atoms with Crippen LogP contribution in [0.5, 0.6) is 0 Å². The summed E-state index contributed by atoms with van der Waals surface area (Å²) in [5, 5.41) is 2.88. The van der Waals surface area contributed by atoms with Crippen molar-refractivity contribution in [1.29, 1.82) is 0 Å². The summed E-state index contributed by atoms with van der Waals surface area (Å²) in [6.07, 6.45) is 2.03. The Morgan fingerprint density at radius 3 is 2.46 bits per heavy atom. The van der Waals surface area contributed by atoms with Gasteiger partial charge in [-0.15, -0.1) is 11.8 Å². The van der Waals surface area contributed by atoms with E-state index in [2.05, 4.69) is 5.32 Å². The number of thioether (sulfide) groups is 1.